The number of amides is 1. The maximum Gasteiger partial charge on any atom is 0.269 e. The third kappa shape index (κ3) is 4.19. The van der Waals surface area contributed by atoms with Gasteiger partial charge in [-0.25, -0.2) is 4.98 Å². The number of non-ortho nitro benzene ring substituents is 1. The minimum Gasteiger partial charge on any atom is -0.383 e. The maximum atomic E-state index is 11.9. The molecule has 0 aliphatic carbocycles. The monoisotopic (exact) mass is 391 g/mol. The molecule has 0 bridgehead atoms. The second kappa shape index (κ2) is 7.98. The number of hydrogen-bond donors (Lipinski definition) is 2. The van der Waals surface area contributed by atoms with Gasteiger partial charge in [0.2, 0.25) is 5.91 Å². The summed E-state index contributed by atoms with van der Waals surface area (Å²) in [4.78, 5) is 27.0. The third-order valence-electron chi connectivity index (χ3n) is 3.48. The van der Waals surface area contributed by atoms with Crippen LogP contribution in [0.2, 0.25) is 5.15 Å². The second-order valence-corrected chi connectivity index (χ2v) is 6.43. The number of nitro benzene ring substituents is 1. The fraction of sp³-hybridized carbons (Fsp3) is 0.125. The number of anilines is 1. The number of benzene rings is 1. The van der Waals surface area contributed by atoms with Crippen LogP contribution in [0.15, 0.2) is 41.9 Å². The number of nitro groups is 1. The lowest BCUT2D eigenvalue weighted by atomic mass is 10.3. The molecule has 1 amide bonds. The highest BCUT2D eigenvalue weighted by molar-refractivity contribution is 7.15. The summed E-state index contributed by atoms with van der Waals surface area (Å²) in [6.07, 6.45) is 4.86. The van der Waals surface area contributed by atoms with E-state index in [0.717, 1.165) is 10.6 Å². The van der Waals surface area contributed by atoms with Crippen LogP contribution in [0, 0.1) is 10.1 Å². The van der Waals surface area contributed by atoms with E-state index in [-0.39, 0.29) is 11.6 Å². The van der Waals surface area contributed by atoms with E-state index < -0.39 is 4.92 Å². The van der Waals surface area contributed by atoms with E-state index in [0.29, 0.717) is 23.9 Å². The quantitative estimate of drug-likeness (QED) is 0.279. The zero-order valence-corrected chi connectivity index (χ0v) is 15.0. The summed E-state index contributed by atoms with van der Waals surface area (Å²) in [6.45, 7) is 0.883. The summed E-state index contributed by atoms with van der Waals surface area (Å²) in [5.41, 5.74) is 1.43. The largest absolute Gasteiger partial charge is 0.383 e. The molecule has 0 radical (unpaired) electrons. The predicted octanol–water partition coefficient (Wildman–Crippen LogP) is 3.20. The van der Waals surface area contributed by atoms with E-state index in [4.69, 9.17) is 11.6 Å². The number of halogens is 1. The Hall–Kier alpha value is -2.91. The van der Waals surface area contributed by atoms with Crippen molar-refractivity contribution in [2.75, 3.05) is 18.4 Å². The highest BCUT2D eigenvalue weighted by Gasteiger charge is 2.08. The number of aromatic nitrogens is 2. The van der Waals surface area contributed by atoms with E-state index in [2.05, 4.69) is 15.6 Å². The molecule has 26 heavy (non-hydrogen) atoms. The van der Waals surface area contributed by atoms with Gasteiger partial charge in [0.05, 0.1) is 10.6 Å². The molecule has 0 atom stereocenters. The minimum absolute atomic E-state index is 0.0345. The van der Waals surface area contributed by atoms with Gasteiger partial charge in [0.25, 0.3) is 5.69 Å². The van der Waals surface area contributed by atoms with Crippen molar-refractivity contribution in [2.24, 2.45) is 0 Å². The van der Waals surface area contributed by atoms with Crippen molar-refractivity contribution in [2.45, 2.75) is 0 Å². The summed E-state index contributed by atoms with van der Waals surface area (Å²) >= 11 is 7.52. The lowest BCUT2D eigenvalue weighted by Crippen LogP contribution is -2.27. The van der Waals surface area contributed by atoms with Crippen LogP contribution in [-0.2, 0) is 4.79 Å². The van der Waals surface area contributed by atoms with Crippen LogP contribution in [-0.4, -0.2) is 33.3 Å². The van der Waals surface area contributed by atoms with Crippen molar-refractivity contribution < 1.29 is 9.72 Å². The molecule has 2 N–H and O–H groups in total. The molecule has 10 heteroatoms. The van der Waals surface area contributed by atoms with Crippen molar-refractivity contribution in [3.8, 4) is 0 Å². The van der Waals surface area contributed by atoms with Gasteiger partial charge in [0.1, 0.15) is 0 Å². The number of carbonyl (C=O) groups is 1. The Labute approximate surface area is 157 Å². The first-order valence-corrected chi connectivity index (χ1v) is 8.85. The fourth-order valence-corrected chi connectivity index (χ4v) is 3.24. The van der Waals surface area contributed by atoms with E-state index in [9.17, 15) is 14.9 Å². The van der Waals surface area contributed by atoms with Crippen molar-refractivity contribution in [3.05, 3.63) is 62.9 Å². The Kier molecular flexibility index (Phi) is 5.49. The lowest BCUT2D eigenvalue weighted by Gasteiger charge is -2.06. The highest BCUT2D eigenvalue weighted by Crippen LogP contribution is 2.22. The smallest absolute Gasteiger partial charge is 0.269 e. The number of thiazole rings is 1. The highest BCUT2D eigenvalue weighted by atomic mass is 35.5. The minimum atomic E-state index is -0.451. The Bertz CT molecular complexity index is 964. The van der Waals surface area contributed by atoms with Crippen LogP contribution in [0.3, 0.4) is 0 Å². The second-order valence-electron chi connectivity index (χ2n) is 5.20. The molecule has 1 aromatic carbocycles. The average molecular weight is 392 g/mol. The average Bonchev–Trinajstić information content (AvgIpc) is 3.18. The summed E-state index contributed by atoms with van der Waals surface area (Å²) in [5, 5.41) is 18.6. The zero-order valence-electron chi connectivity index (χ0n) is 13.4. The first-order chi connectivity index (χ1) is 12.5. The van der Waals surface area contributed by atoms with Gasteiger partial charge in [0.15, 0.2) is 10.1 Å². The van der Waals surface area contributed by atoms with Gasteiger partial charge in [-0.2, -0.15) is 0 Å². The van der Waals surface area contributed by atoms with E-state index in [1.54, 1.807) is 18.2 Å². The summed E-state index contributed by atoms with van der Waals surface area (Å²) in [7, 11) is 0. The third-order valence-corrected chi connectivity index (χ3v) is 4.51. The fourth-order valence-electron chi connectivity index (χ4n) is 2.23. The predicted molar refractivity (Wildman–Crippen MR) is 102 cm³/mol. The maximum absolute atomic E-state index is 11.9. The van der Waals surface area contributed by atoms with Gasteiger partial charge in [-0.05, 0) is 18.2 Å². The Balaban J connectivity index is 1.46. The van der Waals surface area contributed by atoms with Gasteiger partial charge in [-0.3, -0.25) is 19.3 Å². The molecule has 134 valence electrons. The van der Waals surface area contributed by atoms with Crippen molar-refractivity contribution in [1.29, 1.82) is 0 Å². The van der Waals surface area contributed by atoms with Gasteiger partial charge < -0.3 is 10.6 Å². The van der Waals surface area contributed by atoms with Gasteiger partial charge >= 0.3 is 0 Å². The molecule has 0 unspecified atom stereocenters. The van der Waals surface area contributed by atoms with Gasteiger partial charge in [0, 0.05) is 48.6 Å². The Morgan fingerprint density at radius 1 is 1.35 bits per heavy atom. The number of nitrogens with one attached hydrogen (secondary N) is 2. The molecule has 0 aliphatic heterocycles. The molecule has 2 aromatic heterocycles. The van der Waals surface area contributed by atoms with Crippen molar-refractivity contribution in [1.82, 2.24) is 14.7 Å². The molecule has 0 spiro atoms. The number of carbonyl (C=O) groups excluding carboxylic acids is 1. The molecule has 2 heterocycles. The molecule has 3 rings (SSSR count). The van der Waals surface area contributed by atoms with Crippen LogP contribution in [0.4, 0.5) is 11.4 Å². The Morgan fingerprint density at radius 3 is 2.85 bits per heavy atom. The first kappa shape index (κ1) is 17.9. The van der Waals surface area contributed by atoms with Crippen LogP contribution < -0.4 is 10.6 Å². The molecule has 3 aromatic rings. The SMILES string of the molecule is O=C(/C=C/c1c(Cl)nc2sccn12)NCCNc1ccc([N+](=O)[O-])cc1. The standard InChI is InChI=1S/C16H14ClN5O3S/c17-15-13(21-9-10-26-16(21)20-15)5-6-14(23)19-8-7-18-11-1-3-12(4-2-11)22(24)25/h1-6,9-10,18H,7-8H2,(H,19,23)/b6-5+. The summed E-state index contributed by atoms with van der Waals surface area (Å²) in [6, 6.07) is 6.08. The van der Waals surface area contributed by atoms with Crippen LogP contribution in [0.1, 0.15) is 5.69 Å². The summed E-state index contributed by atoms with van der Waals surface area (Å²) < 4.78 is 1.81. The van der Waals surface area contributed by atoms with E-state index in [1.807, 2.05) is 16.0 Å². The number of rotatable bonds is 7. The lowest BCUT2D eigenvalue weighted by molar-refractivity contribution is -0.384. The molecular weight excluding hydrogens is 378 g/mol. The van der Waals surface area contributed by atoms with E-state index in [1.165, 1.54) is 29.5 Å². The van der Waals surface area contributed by atoms with Gasteiger partial charge in [-0.15, -0.1) is 11.3 Å². The molecular formula is C16H14ClN5O3S. The van der Waals surface area contributed by atoms with Crippen LogP contribution in [0.5, 0.6) is 0 Å². The zero-order chi connectivity index (χ0) is 18.5. The number of nitrogens with zero attached hydrogens (tertiary/aromatic N) is 3. The molecule has 0 fully saturated rings. The van der Waals surface area contributed by atoms with Gasteiger partial charge in [-0.1, -0.05) is 11.6 Å². The normalized spacial score (nSPS) is 11.1. The van der Waals surface area contributed by atoms with Crippen molar-refractivity contribution in [3.63, 3.8) is 0 Å². The topological polar surface area (TPSA) is 102 Å². The number of hydrogen-bond acceptors (Lipinski definition) is 6. The van der Waals surface area contributed by atoms with Crippen LogP contribution in [0.25, 0.3) is 11.0 Å². The Morgan fingerprint density at radius 2 is 2.12 bits per heavy atom. The molecule has 0 saturated carbocycles. The molecule has 0 aliphatic rings. The number of imidazole rings is 1. The molecule has 8 nitrogen and oxygen atoms in total. The van der Waals surface area contributed by atoms with Crippen molar-refractivity contribution >= 4 is 51.3 Å². The number of fused-ring (bicyclic) bond motifs is 1. The summed E-state index contributed by atoms with van der Waals surface area (Å²) in [5.74, 6) is -0.253. The van der Waals surface area contributed by atoms with E-state index >= 15 is 0 Å². The molecule has 0 saturated heterocycles. The first-order valence-electron chi connectivity index (χ1n) is 7.60. The van der Waals surface area contributed by atoms with Crippen LogP contribution >= 0.6 is 22.9 Å².